The number of nitrogens with one attached hydrogen (secondary N) is 4. The van der Waals surface area contributed by atoms with Gasteiger partial charge in [-0.1, -0.05) is 60.1 Å². The first kappa shape index (κ1) is 52.7. The molecular formula is C44H73N5O12. The predicted molar refractivity (Wildman–Crippen MR) is 229 cm³/mol. The summed E-state index contributed by atoms with van der Waals surface area (Å²) in [6.45, 7) is 18.1. The molecule has 3 amide bonds. The normalized spacial score (nSPS) is 18.2. The minimum Gasteiger partial charge on any atom is -0.497 e. The zero-order valence-corrected chi connectivity index (χ0v) is 38.2. The van der Waals surface area contributed by atoms with Crippen molar-refractivity contribution in [2.75, 3.05) is 27.2 Å². The van der Waals surface area contributed by atoms with E-state index in [1.165, 1.54) is 11.8 Å². The van der Waals surface area contributed by atoms with Crippen LogP contribution >= 0.6 is 0 Å². The molecule has 1 fully saturated rings. The molecule has 1 heterocycles. The van der Waals surface area contributed by atoms with Gasteiger partial charge in [-0.3, -0.25) is 19.2 Å². The molecule has 0 aliphatic carbocycles. The summed E-state index contributed by atoms with van der Waals surface area (Å²) in [5, 5.41) is 32.7. The van der Waals surface area contributed by atoms with Crippen LogP contribution in [0.25, 0.3) is 0 Å². The topological polar surface area (TPSA) is 231 Å². The quantitative estimate of drug-likeness (QED) is 0.0645. The number of likely N-dealkylation sites (tertiary alicyclic amines) is 1. The minimum atomic E-state index is -1.47. The Morgan fingerprint density at radius 3 is 2.10 bits per heavy atom. The number of carbonyl (C=O) groups is 6. The molecule has 17 heteroatoms. The monoisotopic (exact) mass is 864 g/mol. The second-order valence-electron chi connectivity index (χ2n) is 17.7. The molecule has 0 aromatic heterocycles. The average Bonchev–Trinajstić information content (AvgIpc) is 3.68. The standard InChI is InChI=1S/C44H73N5O12/c1-13-27(6)37(34(50)23-36(51)60-35(26(4)5)24-46-31(21-25(2)3)40(53)49-20-14-15-33(49)41(54)55)47-39(52)38(48-43(57)61-44(8,9)10)28(7)59-42(56)32(45-11)22-29-16-18-30(58-12)19-17-29/h16-19,25-28,31-35,37-38,45-46,50H,13-15,20-24H2,1-12H3,(H,47,52)(H,48,57)(H,54,55)/t27-,28+,31-,32-,33-,34-,35+,37+,38-/m0/s1. The summed E-state index contributed by atoms with van der Waals surface area (Å²) in [4.78, 5) is 80.8. The molecule has 1 aromatic rings. The average molecular weight is 864 g/mol. The summed E-state index contributed by atoms with van der Waals surface area (Å²) in [6, 6.07) is 2.33. The highest BCUT2D eigenvalue weighted by atomic mass is 16.6. The molecule has 6 N–H and O–H groups in total. The lowest BCUT2D eigenvalue weighted by Gasteiger charge is -2.33. The molecule has 0 saturated carbocycles. The van der Waals surface area contributed by atoms with E-state index < -0.39 is 90.5 Å². The highest BCUT2D eigenvalue weighted by molar-refractivity contribution is 5.88. The van der Waals surface area contributed by atoms with Crippen molar-refractivity contribution in [2.24, 2.45) is 17.8 Å². The number of likely N-dealkylation sites (N-methyl/N-ethyl adjacent to an activating group) is 1. The Bertz CT molecular complexity index is 1580. The summed E-state index contributed by atoms with van der Waals surface area (Å²) in [7, 11) is 3.16. The van der Waals surface area contributed by atoms with Gasteiger partial charge < -0.3 is 55.3 Å². The Morgan fingerprint density at radius 2 is 1.57 bits per heavy atom. The van der Waals surface area contributed by atoms with E-state index in [0.717, 1.165) is 5.56 Å². The molecule has 2 rings (SSSR count). The number of alkyl carbamates (subject to hydrolysis) is 1. The zero-order valence-electron chi connectivity index (χ0n) is 38.2. The Labute approximate surface area is 361 Å². The molecule has 1 saturated heterocycles. The van der Waals surface area contributed by atoms with Gasteiger partial charge in [0.15, 0.2) is 0 Å². The number of aliphatic hydroxyl groups excluding tert-OH is 1. The first-order valence-corrected chi connectivity index (χ1v) is 21.5. The fourth-order valence-corrected chi connectivity index (χ4v) is 7.01. The van der Waals surface area contributed by atoms with Crippen LogP contribution < -0.4 is 26.0 Å². The van der Waals surface area contributed by atoms with Crippen molar-refractivity contribution < 1.29 is 57.9 Å². The number of esters is 2. The fourth-order valence-electron chi connectivity index (χ4n) is 7.01. The summed E-state index contributed by atoms with van der Waals surface area (Å²) in [5.74, 6) is -3.35. The number of aliphatic hydroxyl groups is 1. The van der Waals surface area contributed by atoms with E-state index in [2.05, 4.69) is 21.3 Å². The van der Waals surface area contributed by atoms with Crippen molar-refractivity contribution in [1.29, 1.82) is 0 Å². The van der Waals surface area contributed by atoms with Crippen LogP contribution in [0.15, 0.2) is 24.3 Å². The lowest BCUT2D eigenvalue weighted by atomic mass is 9.92. The van der Waals surface area contributed by atoms with Crippen molar-refractivity contribution in [3.8, 4) is 5.75 Å². The molecule has 1 aliphatic heterocycles. The summed E-state index contributed by atoms with van der Waals surface area (Å²) in [5.41, 5.74) is -0.0912. The number of aliphatic carboxylic acids is 1. The number of carboxylic acids is 1. The molecule has 17 nitrogen and oxygen atoms in total. The van der Waals surface area contributed by atoms with Crippen LogP contribution in [0.2, 0.25) is 0 Å². The second-order valence-corrected chi connectivity index (χ2v) is 17.7. The van der Waals surface area contributed by atoms with E-state index in [0.29, 0.717) is 38.0 Å². The molecule has 346 valence electrons. The Morgan fingerprint density at radius 1 is 0.934 bits per heavy atom. The van der Waals surface area contributed by atoms with Crippen LogP contribution in [0, 0.1) is 17.8 Å². The van der Waals surface area contributed by atoms with Gasteiger partial charge in [-0.05, 0) is 95.9 Å². The van der Waals surface area contributed by atoms with Gasteiger partial charge in [0, 0.05) is 13.1 Å². The van der Waals surface area contributed by atoms with Crippen molar-refractivity contribution in [2.45, 2.75) is 162 Å². The van der Waals surface area contributed by atoms with Crippen LogP contribution in [0.1, 0.15) is 107 Å². The number of ether oxygens (including phenoxy) is 4. The molecule has 0 radical (unpaired) electrons. The lowest BCUT2D eigenvalue weighted by Crippen LogP contribution is -2.59. The molecule has 1 aromatic carbocycles. The van der Waals surface area contributed by atoms with Crippen LogP contribution in [0.4, 0.5) is 4.79 Å². The van der Waals surface area contributed by atoms with E-state index in [1.807, 2.05) is 46.8 Å². The van der Waals surface area contributed by atoms with Gasteiger partial charge in [-0.15, -0.1) is 0 Å². The molecule has 9 atom stereocenters. The highest BCUT2D eigenvalue weighted by Gasteiger charge is 2.39. The third kappa shape index (κ3) is 17.4. The van der Waals surface area contributed by atoms with E-state index in [-0.39, 0.29) is 36.6 Å². The zero-order chi connectivity index (χ0) is 46.2. The SMILES string of the molecule is CC[C@H](C)[C@@H](NC(=O)[C@@H](NC(=O)OC(C)(C)C)[C@@H](C)OC(=O)[C@H](Cc1ccc(OC)cc1)NC)[C@@H](O)CC(=O)O[C@H](CN[C@@H](CC(C)C)C(=O)N1CCC[C@H]1C(=O)O)C(C)C. The number of amides is 3. The van der Waals surface area contributed by atoms with Crippen LogP contribution in [0.5, 0.6) is 5.75 Å². The first-order valence-electron chi connectivity index (χ1n) is 21.5. The smallest absolute Gasteiger partial charge is 0.408 e. The maximum atomic E-state index is 14.1. The third-order valence-corrected chi connectivity index (χ3v) is 10.7. The molecular weight excluding hydrogens is 791 g/mol. The predicted octanol–water partition coefficient (Wildman–Crippen LogP) is 3.58. The molecule has 0 bridgehead atoms. The third-order valence-electron chi connectivity index (χ3n) is 10.7. The van der Waals surface area contributed by atoms with E-state index in [1.54, 1.807) is 54.0 Å². The minimum absolute atomic E-state index is 0.100. The van der Waals surface area contributed by atoms with Crippen molar-refractivity contribution in [3.05, 3.63) is 29.8 Å². The van der Waals surface area contributed by atoms with Gasteiger partial charge in [-0.2, -0.15) is 0 Å². The van der Waals surface area contributed by atoms with Gasteiger partial charge in [0.2, 0.25) is 11.8 Å². The number of rotatable bonds is 24. The maximum Gasteiger partial charge on any atom is 0.408 e. The molecule has 0 unspecified atom stereocenters. The molecule has 1 aliphatic rings. The van der Waals surface area contributed by atoms with Crippen LogP contribution in [-0.4, -0.2) is 132 Å². The van der Waals surface area contributed by atoms with Crippen molar-refractivity contribution >= 4 is 35.8 Å². The highest BCUT2D eigenvalue weighted by Crippen LogP contribution is 2.22. The van der Waals surface area contributed by atoms with Gasteiger partial charge in [0.25, 0.3) is 0 Å². The number of hydrogen-bond donors (Lipinski definition) is 6. The number of methoxy groups -OCH3 is 1. The van der Waals surface area contributed by atoms with Gasteiger partial charge in [-0.25, -0.2) is 9.59 Å². The lowest BCUT2D eigenvalue weighted by molar-refractivity contribution is -0.156. The molecule has 0 spiro atoms. The van der Waals surface area contributed by atoms with Crippen molar-refractivity contribution in [3.63, 3.8) is 0 Å². The number of carboxylic acid groups (broad SMARTS) is 1. The number of carbonyl (C=O) groups excluding carboxylic acids is 5. The summed E-state index contributed by atoms with van der Waals surface area (Å²) < 4.78 is 22.3. The van der Waals surface area contributed by atoms with Crippen LogP contribution in [-0.2, 0) is 44.6 Å². The number of hydrogen-bond acceptors (Lipinski definition) is 13. The first-order chi connectivity index (χ1) is 28.5. The van der Waals surface area contributed by atoms with Crippen LogP contribution in [0.3, 0.4) is 0 Å². The van der Waals surface area contributed by atoms with Gasteiger partial charge >= 0.3 is 24.0 Å². The van der Waals surface area contributed by atoms with E-state index in [4.69, 9.17) is 18.9 Å². The number of benzene rings is 1. The largest absolute Gasteiger partial charge is 0.497 e. The van der Waals surface area contributed by atoms with E-state index in [9.17, 15) is 39.0 Å². The maximum absolute atomic E-state index is 14.1. The Hall–Kier alpha value is -4.48. The fraction of sp³-hybridized carbons (Fsp3) is 0.727. The summed E-state index contributed by atoms with van der Waals surface area (Å²) >= 11 is 0. The Balaban J connectivity index is 2.23. The molecule has 61 heavy (non-hydrogen) atoms. The second kappa shape index (κ2) is 24.8. The summed E-state index contributed by atoms with van der Waals surface area (Å²) in [6.07, 6.45) is -2.60. The van der Waals surface area contributed by atoms with Gasteiger partial charge in [0.05, 0.1) is 31.7 Å². The Kier molecular flexibility index (Phi) is 21.4. The van der Waals surface area contributed by atoms with Gasteiger partial charge in [0.1, 0.15) is 41.7 Å². The number of nitrogens with zero attached hydrogens (tertiary/aromatic N) is 1. The van der Waals surface area contributed by atoms with E-state index >= 15 is 0 Å². The van der Waals surface area contributed by atoms with Crippen molar-refractivity contribution in [1.82, 2.24) is 26.2 Å².